The van der Waals surface area contributed by atoms with E-state index in [1.165, 1.54) is 38.4 Å². The van der Waals surface area contributed by atoms with Gasteiger partial charge in [-0.1, -0.05) is 6.92 Å². The lowest BCUT2D eigenvalue weighted by Gasteiger charge is -2.34. The largest absolute Gasteiger partial charge is 0.465 e. The Hall–Kier alpha value is -3.10. The number of carbonyl (C=O) groups is 2. The molecule has 3 rings (SSSR count). The lowest BCUT2D eigenvalue weighted by molar-refractivity contribution is -0.139. The van der Waals surface area contributed by atoms with Gasteiger partial charge >= 0.3 is 12.1 Å². The monoisotopic (exact) mass is 492 g/mol. The number of benzene rings is 1. The molecule has 9 heteroatoms. The van der Waals surface area contributed by atoms with Crippen molar-refractivity contribution in [3.05, 3.63) is 47.2 Å². The van der Waals surface area contributed by atoms with Gasteiger partial charge in [0, 0.05) is 18.2 Å². The molecule has 35 heavy (non-hydrogen) atoms. The summed E-state index contributed by atoms with van der Waals surface area (Å²) >= 11 is 0. The molecule has 1 amide bonds. The van der Waals surface area contributed by atoms with Gasteiger partial charge in [-0.15, -0.1) is 0 Å². The van der Waals surface area contributed by atoms with Crippen molar-refractivity contribution in [1.29, 1.82) is 0 Å². The summed E-state index contributed by atoms with van der Waals surface area (Å²) in [6.07, 6.45) is 0.0743. The van der Waals surface area contributed by atoms with Crippen molar-refractivity contribution in [2.24, 2.45) is 11.8 Å². The molecule has 0 unspecified atom stereocenters. The highest BCUT2D eigenvalue weighted by molar-refractivity contribution is 6.04. The molecular formula is C26H31F3N2O4. The lowest BCUT2D eigenvalue weighted by Crippen LogP contribution is -2.43. The predicted molar refractivity (Wildman–Crippen MR) is 126 cm³/mol. The van der Waals surface area contributed by atoms with Gasteiger partial charge in [-0.05, 0) is 82.2 Å². The molecule has 1 aromatic heterocycles. The van der Waals surface area contributed by atoms with Crippen molar-refractivity contribution in [3.63, 3.8) is 0 Å². The number of alkyl halides is 3. The molecular weight excluding hydrogens is 461 g/mol. The maximum absolute atomic E-state index is 13.5. The van der Waals surface area contributed by atoms with Gasteiger partial charge in [0.1, 0.15) is 11.3 Å². The zero-order valence-electron chi connectivity index (χ0n) is 20.6. The summed E-state index contributed by atoms with van der Waals surface area (Å²) in [4.78, 5) is 31.5. The highest BCUT2D eigenvalue weighted by Gasteiger charge is 2.36. The SMILES string of the molecule is COC(=O)c1cc(Oc2ncc(C)cc2C(F)(F)F)ccc1N(C(=O)C1CCC(C)CC1)C(C)C. The first-order valence-corrected chi connectivity index (χ1v) is 11.7. The first-order chi connectivity index (χ1) is 16.4. The van der Waals surface area contributed by atoms with E-state index < -0.39 is 23.6 Å². The van der Waals surface area contributed by atoms with Crippen molar-refractivity contribution < 1.29 is 32.2 Å². The van der Waals surface area contributed by atoms with E-state index in [4.69, 9.17) is 9.47 Å². The summed E-state index contributed by atoms with van der Waals surface area (Å²) in [6.45, 7) is 7.37. The van der Waals surface area contributed by atoms with E-state index in [1.807, 2.05) is 13.8 Å². The molecule has 0 spiro atoms. The van der Waals surface area contributed by atoms with Crippen molar-refractivity contribution in [2.45, 2.75) is 65.6 Å². The predicted octanol–water partition coefficient (Wildman–Crippen LogP) is 6.56. The van der Waals surface area contributed by atoms with E-state index in [9.17, 15) is 22.8 Å². The van der Waals surface area contributed by atoms with Crippen LogP contribution in [0, 0.1) is 18.8 Å². The molecule has 1 fully saturated rings. The zero-order valence-corrected chi connectivity index (χ0v) is 20.6. The number of nitrogens with zero attached hydrogens (tertiary/aromatic N) is 2. The number of carbonyl (C=O) groups excluding carboxylic acids is 2. The van der Waals surface area contributed by atoms with Crippen LogP contribution in [0.2, 0.25) is 0 Å². The van der Waals surface area contributed by atoms with Crippen LogP contribution in [0.1, 0.15) is 67.9 Å². The third kappa shape index (κ3) is 6.13. The Morgan fingerprint density at radius 3 is 2.34 bits per heavy atom. The summed E-state index contributed by atoms with van der Waals surface area (Å²) < 4.78 is 50.9. The molecule has 6 nitrogen and oxygen atoms in total. The Labute approximate surface area is 203 Å². The average Bonchev–Trinajstić information content (AvgIpc) is 2.80. The van der Waals surface area contributed by atoms with Crippen molar-refractivity contribution in [1.82, 2.24) is 4.98 Å². The van der Waals surface area contributed by atoms with E-state index in [-0.39, 0.29) is 29.2 Å². The quantitative estimate of drug-likeness (QED) is 0.428. The number of hydrogen-bond donors (Lipinski definition) is 0. The Morgan fingerprint density at radius 2 is 1.77 bits per heavy atom. The van der Waals surface area contributed by atoms with Crippen LogP contribution in [-0.4, -0.2) is 30.0 Å². The van der Waals surface area contributed by atoms with Crippen LogP contribution in [-0.2, 0) is 15.7 Å². The van der Waals surface area contributed by atoms with Gasteiger partial charge in [0.05, 0.1) is 18.4 Å². The lowest BCUT2D eigenvalue weighted by atomic mass is 9.82. The van der Waals surface area contributed by atoms with Crippen LogP contribution in [0.5, 0.6) is 11.6 Å². The summed E-state index contributed by atoms with van der Waals surface area (Å²) in [5.41, 5.74) is -0.335. The fourth-order valence-electron chi connectivity index (χ4n) is 4.37. The molecule has 1 aliphatic rings. The smallest absolute Gasteiger partial charge is 0.421 e. The second-order valence-electron chi connectivity index (χ2n) is 9.39. The Morgan fingerprint density at radius 1 is 1.11 bits per heavy atom. The minimum atomic E-state index is -4.67. The van der Waals surface area contributed by atoms with Crippen LogP contribution in [0.3, 0.4) is 0 Å². The number of hydrogen-bond acceptors (Lipinski definition) is 5. The molecule has 1 saturated carbocycles. The molecule has 190 valence electrons. The van der Waals surface area contributed by atoms with E-state index in [2.05, 4.69) is 11.9 Å². The summed E-state index contributed by atoms with van der Waals surface area (Å²) in [7, 11) is 1.20. The highest BCUT2D eigenvalue weighted by atomic mass is 19.4. The molecule has 1 heterocycles. The summed E-state index contributed by atoms with van der Waals surface area (Å²) in [5.74, 6) is -1.04. The molecule has 0 bridgehead atoms. The van der Waals surface area contributed by atoms with Gasteiger partial charge in [-0.25, -0.2) is 9.78 Å². The zero-order chi connectivity index (χ0) is 25.9. The van der Waals surface area contributed by atoms with Crippen LogP contribution in [0.15, 0.2) is 30.5 Å². The van der Waals surface area contributed by atoms with E-state index in [0.29, 0.717) is 17.2 Å². The average molecular weight is 493 g/mol. The Bertz CT molecular complexity index is 1080. The van der Waals surface area contributed by atoms with Gasteiger partial charge < -0.3 is 14.4 Å². The fourth-order valence-corrected chi connectivity index (χ4v) is 4.37. The number of anilines is 1. The summed E-state index contributed by atoms with van der Waals surface area (Å²) in [5, 5.41) is 0. The first-order valence-electron chi connectivity index (χ1n) is 11.7. The maximum atomic E-state index is 13.5. The third-order valence-electron chi connectivity index (χ3n) is 6.26. The summed E-state index contributed by atoms with van der Waals surface area (Å²) in [6, 6.07) is 4.91. The standard InChI is InChI=1S/C26H31F3N2O4/c1-15(2)31(24(32)18-8-6-16(3)7-9-18)22-11-10-19(13-20(22)25(33)34-5)35-23-21(26(27,28)29)12-17(4)14-30-23/h10-16,18H,6-9H2,1-5H3. The molecule has 1 aliphatic carbocycles. The number of pyridine rings is 1. The van der Waals surface area contributed by atoms with Gasteiger partial charge in [-0.2, -0.15) is 13.2 Å². The molecule has 0 N–H and O–H groups in total. The second kappa shape index (κ2) is 10.7. The van der Waals surface area contributed by atoms with Crippen LogP contribution < -0.4 is 9.64 Å². The molecule has 0 radical (unpaired) electrons. The molecule has 2 aromatic rings. The number of halogens is 3. The van der Waals surface area contributed by atoms with Gasteiger partial charge in [0.15, 0.2) is 0 Å². The number of methoxy groups -OCH3 is 1. The molecule has 1 aromatic carbocycles. The van der Waals surface area contributed by atoms with Crippen LogP contribution in [0.25, 0.3) is 0 Å². The minimum Gasteiger partial charge on any atom is -0.465 e. The molecule has 0 saturated heterocycles. The minimum absolute atomic E-state index is 0.0249. The second-order valence-corrected chi connectivity index (χ2v) is 9.39. The number of aromatic nitrogens is 1. The van der Waals surface area contributed by atoms with Crippen LogP contribution in [0.4, 0.5) is 18.9 Å². The van der Waals surface area contributed by atoms with Crippen LogP contribution >= 0.6 is 0 Å². The number of rotatable bonds is 6. The topological polar surface area (TPSA) is 68.7 Å². The Kier molecular flexibility index (Phi) is 8.07. The van der Waals surface area contributed by atoms with Crippen molar-refractivity contribution in [2.75, 3.05) is 12.0 Å². The number of ether oxygens (including phenoxy) is 2. The first kappa shape index (κ1) is 26.5. The molecule has 0 atom stereocenters. The van der Waals surface area contributed by atoms with E-state index in [1.54, 1.807) is 4.90 Å². The Balaban J connectivity index is 2.00. The highest BCUT2D eigenvalue weighted by Crippen LogP contribution is 2.39. The fraction of sp³-hybridized carbons (Fsp3) is 0.500. The number of amides is 1. The number of esters is 1. The van der Waals surface area contributed by atoms with Gasteiger partial charge in [-0.3, -0.25) is 4.79 Å². The van der Waals surface area contributed by atoms with Gasteiger partial charge in [0.25, 0.3) is 0 Å². The normalized spacial score (nSPS) is 18.3. The number of aryl methyl sites for hydroxylation is 1. The molecule has 0 aliphatic heterocycles. The van der Waals surface area contributed by atoms with Crippen molar-refractivity contribution in [3.8, 4) is 11.6 Å². The maximum Gasteiger partial charge on any atom is 0.421 e. The van der Waals surface area contributed by atoms with Crippen molar-refractivity contribution >= 4 is 17.6 Å². The third-order valence-corrected chi connectivity index (χ3v) is 6.26. The van der Waals surface area contributed by atoms with Gasteiger partial charge in [0.2, 0.25) is 11.8 Å². The van der Waals surface area contributed by atoms with E-state index in [0.717, 1.165) is 31.7 Å². The van der Waals surface area contributed by atoms with E-state index >= 15 is 0 Å².